The lowest BCUT2D eigenvalue weighted by atomic mass is 9.97. The van der Waals surface area contributed by atoms with Gasteiger partial charge in [0.25, 0.3) is 11.5 Å². The highest BCUT2D eigenvalue weighted by molar-refractivity contribution is 7.91. The van der Waals surface area contributed by atoms with E-state index in [0.717, 1.165) is 36.6 Å². The number of hydrogen-bond acceptors (Lipinski definition) is 8. The lowest BCUT2D eigenvalue weighted by Crippen LogP contribution is -2.52. The number of pyridine rings is 1. The second-order valence-electron chi connectivity index (χ2n) is 12.3. The first-order valence-corrected chi connectivity index (χ1v) is 18.6. The molecule has 3 aliphatic rings. The van der Waals surface area contributed by atoms with Crippen LogP contribution in [0.1, 0.15) is 55.9 Å². The van der Waals surface area contributed by atoms with E-state index in [1.54, 1.807) is 10.6 Å². The molecular formula is C29H43N5O6S2. The van der Waals surface area contributed by atoms with Crippen molar-refractivity contribution in [1.29, 1.82) is 0 Å². The van der Waals surface area contributed by atoms with Crippen LogP contribution in [0, 0.1) is 0 Å². The van der Waals surface area contributed by atoms with E-state index in [1.165, 1.54) is 10.6 Å². The maximum atomic E-state index is 13.3. The van der Waals surface area contributed by atoms with Gasteiger partial charge in [-0.2, -0.15) is 4.31 Å². The fourth-order valence-corrected chi connectivity index (χ4v) is 8.94. The van der Waals surface area contributed by atoms with Crippen LogP contribution in [0.3, 0.4) is 0 Å². The molecule has 1 aromatic heterocycles. The lowest BCUT2D eigenvalue weighted by Gasteiger charge is -2.39. The standard InChI is InChI=1S/C29H43N5O6S2/c1-21(2)34-27-7-5-4-6-22(27)18-26(29(34)36)28(35)30-23-19-24-8-9-25(20-23)33(24)15-17-42(39,40)16-14-31-10-12-32(13-11-31)41(3,37)38/h4-7,18,21,23-25H,8-17,19-20H2,1-3H3,(H,30,35)/t23-,24-,25+. The van der Waals surface area contributed by atoms with Gasteiger partial charge in [-0.05, 0) is 57.0 Å². The van der Waals surface area contributed by atoms with Crippen LogP contribution in [0.4, 0.5) is 0 Å². The zero-order chi connectivity index (χ0) is 30.2. The third-order valence-corrected chi connectivity index (χ3v) is 12.0. The Labute approximate surface area is 248 Å². The van der Waals surface area contributed by atoms with Crippen LogP contribution in [-0.2, 0) is 19.9 Å². The van der Waals surface area contributed by atoms with Gasteiger partial charge >= 0.3 is 0 Å². The van der Waals surface area contributed by atoms with Crippen molar-refractivity contribution in [3.8, 4) is 0 Å². The van der Waals surface area contributed by atoms with Gasteiger partial charge in [0.05, 0.1) is 23.3 Å². The molecule has 0 spiro atoms. The van der Waals surface area contributed by atoms with E-state index >= 15 is 0 Å². The number of aromatic nitrogens is 1. The summed E-state index contributed by atoms with van der Waals surface area (Å²) in [7, 11) is -6.48. The van der Waals surface area contributed by atoms with Crippen LogP contribution in [0.2, 0.25) is 0 Å². The van der Waals surface area contributed by atoms with Gasteiger partial charge in [0.2, 0.25) is 10.0 Å². The molecule has 11 nitrogen and oxygen atoms in total. The monoisotopic (exact) mass is 621 g/mol. The molecule has 13 heteroatoms. The van der Waals surface area contributed by atoms with Crippen molar-refractivity contribution in [2.45, 2.75) is 63.7 Å². The molecule has 42 heavy (non-hydrogen) atoms. The first-order valence-electron chi connectivity index (χ1n) is 14.9. The first-order chi connectivity index (χ1) is 19.8. The Kier molecular flexibility index (Phi) is 9.15. The van der Waals surface area contributed by atoms with Gasteiger partial charge in [-0.3, -0.25) is 19.4 Å². The highest BCUT2D eigenvalue weighted by atomic mass is 32.2. The van der Waals surface area contributed by atoms with Crippen LogP contribution >= 0.6 is 0 Å². The summed E-state index contributed by atoms with van der Waals surface area (Å²) in [6, 6.07) is 9.54. The number of nitrogens with one attached hydrogen (secondary N) is 1. The Balaban J connectivity index is 1.14. The van der Waals surface area contributed by atoms with Crippen molar-refractivity contribution in [2.24, 2.45) is 0 Å². The normalized spacial score (nSPS) is 24.4. The molecule has 0 aliphatic carbocycles. The molecule has 1 aromatic carbocycles. The van der Waals surface area contributed by atoms with E-state index in [9.17, 15) is 26.4 Å². The van der Waals surface area contributed by atoms with Gasteiger partial charge in [-0.1, -0.05) is 18.2 Å². The molecule has 2 bridgehead atoms. The van der Waals surface area contributed by atoms with Crippen LogP contribution in [0.5, 0.6) is 0 Å². The number of hydrogen-bond donors (Lipinski definition) is 1. The van der Waals surface area contributed by atoms with Crippen molar-refractivity contribution in [1.82, 2.24) is 24.0 Å². The highest BCUT2D eigenvalue weighted by Crippen LogP contribution is 2.35. The quantitative estimate of drug-likeness (QED) is 0.421. The van der Waals surface area contributed by atoms with Crippen LogP contribution < -0.4 is 10.9 Å². The number of nitrogens with zero attached hydrogens (tertiary/aromatic N) is 4. The lowest BCUT2D eigenvalue weighted by molar-refractivity contribution is 0.0856. The molecular weight excluding hydrogens is 578 g/mol. The Bertz CT molecular complexity index is 1570. The second-order valence-corrected chi connectivity index (χ2v) is 16.6. The maximum absolute atomic E-state index is 13.3. The van der Waals surface area contributed by atoms with Crippen molar-refractivity contribution in [3.05, 3.63) is 46.2 Å². The third kappa shape index (κ3) is 6.91. The van der Waals surface area contributed by atoms with Gasteiger partial charge in [0.15, 0.2) is 9.84 Å². The molecule has 1 N–H and O–H groups in total. The summed E-state index contributed by atoms with van der Waals surface area (Å²) in [6.45, 7) is 6.62. The predicted molar refractivity (Wildman–Crippen MR) is 164 cm³/mol. The number of fused-ring (bicyclic) bond motifs is 3. The minimum Gasteiger partial charge on any atom is -0.349 e. The van der Waals surface area contributed by atoms with Gasteiger partial charge in [0.1, 0.15) is 5.56 Å². The van der Waals surface area contributed by atoms with Crippen LogP contribution in [-0.4, -0.2) is 117 Å². The second kappa shape index (κ2) is 12.4. The Morgan fingerprint density at radius 2 is 1.57 bits per heavy atom. The van der Waals surface area contributed by atoms with Crippen molar-refractivity contribution in [2.75, 3.05) is 57.0 Å². The summed E-state index contributed by atoms with van der Waals surface area (Å²) < 4.78 is 52.3. The number of benzene rings is 1. The summed E-state index contributed by atoms with van der Waals surface area (Å²) in [5.41, 5.74) is 0.676. The summed E-state index contributed by atoms with van der Waals surface area (Å²) in [5, 5.41) is 3.98. The Morgan fingerprint density at radius 1 is 0.952 bits per heavy atom. The van der Waals surface area contributed by atoms with Gasteiger partial charge in [-0.25, -0.2) is 16.8 Å². The number of carbonyl (C=O) groups is 1. The number of sulfonamides is 1. The van der Waals surface area contributed by atoms with E-state index < -0.39 is 19.9 Å². The molecule has 3 atom stereocenters. The predicted octanol–water partition coefficient (Wildman–Crippen LogP) is 1.30. The molecule has 0 saturated carbocycles. The summed E-state index contributed by atoms with van der Waals surface area (Å²) >= 11 is 0. The van der Waals surface area contributed by atoms with Gasteiger partial charge in [0, 0.05) is 63.4 Å². The number of piperidine rings is 1. The molecule has 0 unspecified atom stereocenters. The number of piperazine rings is 1. The Hall–Kier alpha value is -2.32. The van der Waals surface area contributed by atoms with Crippen molar-refractivity contribution in [3.63, 3.8) is 0 Å². The van der Waals surface area contributed by atoms with E-state index in [1.807, 2.05) is 43.0 Å². The molecule has 3 fully saturated rings. The molecule has 232 valence electrons. The number of amides is 1. The van der Waals surface area contributed by atoms with E-state index in [0.29, 0.717) is 39.3 Å². The zero-order valence-electron chi connectivity index (χ0n) is 24.7. The topological polar surface area (TPSA) is 129 Å². The maximum Gasteiger partial charge on any atom is 0.264 e. The van der Waals surface area contributed by atoms with Crippen molar-refractivity contribution >= 4 is 36.7 Å². The largest absolute Gasteiger partial charge is 0.349 e. The zero-order valence-corrected chi connectivity index (χ0v) is 26.4. The van der Waals surface area contributed by atoms with E-state index in [2.05, 4.69) is 10.2 Å². The van der Waals surface area contributed by atoms with Crippen LogP contribution in [0.25, 0.3) is 10.9 Å². The molecule has 0 radical (unpaired) electrons. The minimum absolute atomic E-state index is 0.0629. The number of sulfone groups is 1. The Morgan fingerprint density at radius 3 is 2.19 bits per heavy atom. The van der Waals surface area contributed by atoms with Crippen molar-refractivity contribution < 1.29 is 21.6 Å². The van der Waals surface area contributed by atoms with Gasteiger partial charge < -0.3 is 9.88 Å². The SMILES string of the molecule is CC(C)n1c(=O)c(C(=O)N[C@@H]2C[C@H]3CC[C@@H](C2)N3CCS(=O)(=O)CCN2CCN(S(C)(=O)=O)CC2)cc2ccccc21. The number of carbonyl (C=O) groups excluding carboxylic acids is 1. The number of rotatable bonds is 10. The van der Waals surface area contributed by atoms with E-state index in [-0.39, 0.29) is 52.7 Å². The third-order valence-electron chi connectivity index (χ3n) is 9.11. The minimum atomic E-state index is -3.27. The summed E-state index contributed by atoms with van der Waals surface area (Å²) in [4.78, 5) is 31.0. The molecule has 4 heterocycles. The molecule has 1 amide bonds. The average Bonchev–Trinajstić information content (AvgIpc) is 3.17. The smallest absolute Gasteiger partial charge is 0.264 e. The highest BCUT2D eigenvalue weighted by Gasteiger charge is 2.41. The molecule has 5 rings (SSSR count). The summed E-state index contributed by atoms with van der Waals surface area (Å²) in [5.74, 6) is -0.197. The first kappa shape index (κ1) is 31.1. The summed E-state index contributed by atoms with van der Waals surface area (Å²) in [6.07, 6.45) is 4.61. The molecule has 3 saturated heterocycles. The van der Waals surface area contributed by atoms with Gasteiger partial charge in [-0.15, -0.1) is 0 Å². The average molecular weight is 622 g/mol. The van der Waals surface area contributed by atoms with Crippen LogP contribution in [0.15, 0.2) is 35.1 Å². The fourth-order valence-electron chi connectivity index (χ4n) is 6.88. The number of para-hydroxylation sites is 1. The fraction of sp³-hybridized carbons (Fsp3) is 0.655. The molecule has 2 aromatic rings. The molecule has 3 aliphatic heterocycles. The van der Waals surface area contributed by atoms with E-state index in [4.69, 9.17) is 0 Å².